The van der Waals surface area contributed by atoms with Crippen LogP contribution < -0.4 is 5.32 Å². The fourth-order valence-corrected chi connectivity index (χ4v) is 3.31. The standard InChI is InChI=1S/C18H25N5O.ClH/c1-14-17(13-22(2)21-14)18(24)23(12-15-6-3-4-10-20-15)16-7-5-9-19-11-8-16;/h3-4,6,10,13,16,19H,5,7-9,11-12H2,1-2H3;1H. The van der Waals surface area contributed by atoms with Gasteiger partial charge in [-0.3, -0.25) is 14.5 Å². The Labute approximate surface area is 155 Å². The summed E-state index contributed by atoms with van der Waals surface area (Å²) in [7, 11) is 1.85. The number of aryl methyl sites for hydroxylation is 2. The third-order valence-electron chi connectivity index (χ3n) is 4.55. The Morgan fingerprint density at radius 2 is 2.20 bits per heavy atom. The van der Waals surface area contributed by atoms with Crippen molar-refractivity contribution in [3.63, 3.8) is 0 Å². The van der Waals surface area contributed by atoms with Crippen molar-refractivity contribution in [2.45, 2.75) is 38.8 Å². The number of halogens is 1. The van der Waals surface area contributed by atoms with Crippen molar-refractivity contribution in [2.24, 2.45) is 7.05 Å². The van der Waals surface area contributed by atoms with Crippen LogP contribution in [0.2, 0.25) is 0 Å². The normalized spacial score (nSPS) is 17.4. The summed E-state index contributed by atoms with van der Waals surface area (Å²) >= 11 is 0. The summed E-state index contributed by atoms with van der Waals surface area (Å²) in [6, 6.07) is 6.07. The Bertz CT molecular complexity index is 680. The van der Waals surface area contributed by atoms with Crippen molar-refractivity contribution in [1.82, 2.24) is 25.0 Å². The molecule has 0 radical (unpaired) electrons. The van der Waals surface area contributed by atoms with Crippen LogP contribution in [0.5, 0.6) is 0 Å². The Balaban J connectivity index is 0.00000225. The fourth-order valence-electron chi connectivity index (χ4n) is 3.31. The summed E-state index contributed by atoms with van der Waals surface area (Å²) < 4.78 is 1.70. The number of nitrogens with zero attached hydrogens (tertiary/aromatic N) is 4. The van der Waals surface area contributed by atoms with Crippen molar-refractivity contribution in [1.29, 1.82) is 0 Å². The zero-order chi connectivity index (χ0) is 16.9. The van der Waals surface area contributed by atoms with E-state index in [1.807, 2.05) is 43.3 Å². The molecule has 25 heavy (non-hydrogen) atoms. The Kier molecular flexibility index (Phi) is 6.96. The average molecular weight is 364 g/mol. The van der Waals surface area contributed by atoms with Crippen LogP contribution in [0.15, 0.2) is 30.6 Å². The fraction of sp³-hybridized carbons (Fsp3) is 0.500. The highest BCUT2D eigenvalue weighted by atomic mass is 35.5. The Morgan fingerprint density at radius 1 is 1.36 bits per heavy atom. The van der Waals surface area contributed by atoms with Crippen LogP contribution in [-0.4, -0.2) is 44.7 Å². The summed E-state index contributed by atoms with van der Waals surface area (Å²) in [4.78, 5) is 19.6. The molecule has 1 aliphatic rings. The van der Waals surface area contributed by atoms with E-state index in [0.29, 0.717) is 12.1 Å². The number of pyridine rings is 1. The zero-order valence-electron chi connectivity index (χ0n) is 14.8. The van der Waals surface area contributed by atoms with Gasteiger partial charge < -0.3 is 10.2 Å². The maximum atomic E-state index is 13.2. The lowest BCUT2D eigenvalue weighted by molar-refractivity contribution is 0.0641. The predicted molar refractivity (Wildman–Crippen MR) is 99.8 cm³/mol. The zero-order valence-corrected chi connectivity index (χ0v) is 15.6. The van der Waals surface area contributed by atoms with E-state index in [4.69, 9.17) is 0 Å². The maximum absolute atomic E-state index is 13.2. The van der Waals surface area contributed by atoms with E-state index in [0.717, 1.165) is 43.7 Å². The molecule has 0 saturated carbocycles. The third kappa shape index (κ3) is 4.80. The van der Waals surface area contributed by atoms with Gasteiger partial charge in [-0.25, -0.2) is 0 Å². The molecule has 0 aromatic carbocycles. The molecule has 1 aliphatic heterocycles. The van der Waals surface area contributed by atoms with Gasteiger partial charge in [-0.15, -0.1) is 12.4 Å². The van der Waals surface area contributed by atoms with E-state index in [1.54, 1.807) is 10.9 Å². The first kappa shape index (κ1) is 19.4. The van der Waals surface area contributed by atoms with Crippen molar-refractivity contribution in [3.8, 4) is 0 Å². The molecule has 3 heterocycles. The van der Waals surface area contributed by atoms with E-state index in [2.05, 4.69) is 15.4 Å². The van der Waals surface area contributed by atoms with Crippen molar-refractivity contribution in [3.05, 3.63) is 47.5 Å². The minimum absolute atomic E-state index is 0. The molecule has 1 amide bonds. The molecule has 6 nitrogen and oxygen atoms in total. The van der Waals surface area contributed by atoms with Gasteiger partial charge in [0.05, 0.1) is 23.5 Å². The molecule has 1 fully saturated rings. The van der Waals surface area contributed by atoms with Gasteiger partial charge in [0.1, 0.15) is 0 Å². The molecule has 1 saturated heterocycles. The predicted octanol–water partition coefficient (Wildman–Crippen LogP) is 2.33. The van der Waals surface area contributed by atoms with E-state index < -0.39 is 0 Å². The maximum Gasteiger partial charge on any atom is 0.257 e. The SMILES string of the molecule is Cc1nn(C)cc1C(=O)N(Cc1ccccn1)C1CCCNCC1.Cl. The van der Waals surface area contributed by atoms with Gasteiger partial charge in [0.2, 0.25) is 0 Å². The number of hydrogen-bond acceptors (Lipinski definition) is 4. The average Bonchev–Trinajstić information content (AvgIpc) is 2.79. The molecule has 2 aromatic heterocycles. The number of carbonyl (C=O) groups excluding carboxylic acids is 1. The van der Waals surface area contributed by atoms with Crippen molar-refractivity contribution < 1.29 is 4.79 Å². The van der Waals surface area contributed by atoms with Crippen LogP contribution in [-0.2, 0) is 13.6 Å². The number of nitrogens with one attached hydrogen (secondary N) is 1. The molecule has 1 atom stereocenters. The van der Waals surface area contributed by atoms with Gasteiger partial charge >= 0.3 is 0 Å². The van der Waals surface area contributed by atoms with E-state index in [1.165, 1.54) is 0 Å². The lowest BCUT2D eigenvalue weighted by Crippen LogP contribution is -2.40. The van der Waals surface area contributed by atoms with Crippen LogP contribution in [0, 0.1) is 6.92 Å². The van der Waals surface area contributed by atoms with Crippen molar-refractivity contribution in [2.75, 3.05) is 13.1 Å². The smallest absolute Gasteiger partial charge is 0.257 e. The van der Waals surface area contributed by atoms with Crippen LogP contribution in [0.1, 0.15) is 41.0 Å². The number of carbonyl (C=O) groups is 1. The second kappa shape index (κ2) is 8.97. The summed E-state index contributed by atoms with van der Waals surface area (Å²) in [5.74, 6) is 0.0538. The molecule has 3 rings (SSSR count). The molecular formula is C18H26ClN5O. The summed E-state index contributed by atoms with van der Waals surface area (Å²) in [6.07, 6.45) is 6.67. The monoisotopic (exact) mass is 363 g/mol. The number of amides is 1. The number of rotatable bonds is 4. The summed E-state index contributed by atoms with van der Waals surface area (Å²) in [5, 5.41) is 7.75. The molecule has 136 valence electrons. The first-order valence-corrected chi connectivity index (χ1v) is 8.57. The van der Waals surface area contributed by atoms with Gasteiger partial charge in [-0.05, 0) is 51.4 Å². The highest BCUT2D eigenvalue weighted by Crippen LogP contribution is 2.20. The second-order valence-corrected chi connectivity index (χ2v) is 6.39. The minimum atomic E-state index is 0. The molecule has 0 bridgehead atoms. The largest absolute Gasteiger partial charge is 0.330 e. The summed E-state index contributed by atoms with van der Waals surface area (Å²) in [6.45, 7) is 4.40. The lowest BCUT2D eigenvalue weighted by atomic mass is 10.1. The molecule has 2 aromatic rings. The number of hydrogen-bond donors (Lipinski definition) is 1. The molecule has 0 spiro atoms. The summed E-state index contributed by atoms with van der Waals surface area (Å²) in [5.41, 5.74) is 2.38. The molecule has 0 aliphatic carbocycles. The molecular weight excluding hydrogens is 338 g/mol. The van der Waals surface area contributed by atoms with Gasteiger partial charge in [0, 0.05) is 25.5 Å². The topological polar surface area (TPSA) is 63.1 Å². The third-order valence-corrected chi connectivity index (χ3v) is 4.55. The van der Waals surface area contributed by atoms with Gasteiger partial charge in [0.15, 0.2) is 0 Å². The first-order chi connectivity index (χ1) is 11.6. The quantitative estimate of drug-likeness (QED) is 0.905. The highest BCUT2D eigenvalue weighted by molar-refractivity contribution is 5.95. The molecule has 1 unspecified atom stereocenters. The van der Waals surface area contributed by atoms with E-state index in [-0.39, 0.29) is 24.4 Å². The molecule has 1 N–H and O–H groups in total. The van der Waals surface area contributed by atoms with Gasteiger partial charge in [-0.1, -0.05) is 6.07 Å². The van der Waals surface area contributed by atoms with Crippen LogP contribution in [0.3, 0.4) is 0 Å². The first-order valence-electron chi connectivity index (χ1n) is 8.57. The van der Waals surface area contributed by atoms with Crippen LogP contribution in [0.4, 0.5) is 0 Å². The van der Waals surface area contributed by atoms with Crippen LogP contribution in [0.25, 0.3) is 0 Å². The highest BCUT2D eigenvalue weighted by Gasteiger charge is 2.28. The Morgan fingerprint density at radius 3 is 2.88 bits per heavy atom. The van der Waals surface area contributed by atoms with E-state index >= 15 is 0 Å². The number of aromatic nitrogens is 3. The minimum Gasteiger partial charge on any atom is -0.330 e. The molecule has 7 heteroatoms. The van der Waals surface area contributed by atoms with Crippen molar-refractivity contribution >= 4 is 18.3 Å². The second-order valence-electron chi connectivity index (χ2n) is 6.39. The van der Waals surface area contributed by atoms with E-state index in [9.17, 15) is 4.79 Å². The van der Waals surface area contributed by atoms with Crippen LogP contribution >= 0.6 is 12.4 Å². The lowest BCUT2D eigenvalue weighted by Gasteiger charge is -2.31. The Hall–Kier alpha value is -1.92. The van der Waals surface area contributed by atoms with Gasteiger partial charge in [0.25, 0.3) is 5.91 Å². The van der Waals surface area contributed by atoms with Gasteiger partial charge in [-0.2, -0.15) is 5.10 Å².